The first-order valence-electron chi connectivity index (χ1n) is 16.9. The Balaban J connectivity index is 0.000000513. The van der Waals surface area contributed by atoms with E-state index < -0.39 is 5.60 Å². The Kier molecular flexibility index (Phi) is 8.95. The number of likely N-dealkylation sites (tertiary alicyclic amines) is 1. The molecule has 1 amide bonds. The van der Waals surface area contributed by atoms with Crippen molar-refractivity contribution in [3.63, 3.8) is 0 Å². The van der Waals surface area contributed by atoms with Crippen LogP contribution in [-0.4, -0.2) is 90.4 Å². The zero-order chi connectivity index (χ0) is 31.0. The van der Waals surface area contributed by atoms with Crippen molar-refractivity contribution < 1.29 is 14.3 Å². The number of nitrogens with zero attached hydrogens (tertiary/aromatic N) is 6. The number of hydrogen-bond acceptors (Lipinski definition) is 8. The van der Waals surface area contributed by atoms with E-state index in [0.717, 1.165) is 57.0 Å². The van der Waals surface area contributed by atoms with E-state index in [-0.39, 0.29) is 18.2 Å². The quantitative estimate of drug-likeness (QED) is 0.436. The molecule has 3 fully saturated rings. The van der Waals surface area contributed by atoms with Gasteiger partial charge in [0.1, 0.15) is 11.4 Å². The van der Waals surface area contributed by atoms with E-state index in [1.165, 1.54) is 67.6 Å². The van der Waals surface area contributed by atoms with Gasteiger partial charge in [-0.05, 0) is 115 Å². The summed E-state index contributed by atoms with van der Waals surface area (Å²) in [7, 11) is 3.82. The molecule has 3 saturated heterocycles. The van der Waals surface area contributed by atoms with Gasteiger partial charge in [0.2, 0.25) is 0 Å². The maximum Gasteiger partial charge on any atom is 0.410 e. The summed E-state index contributed by atoms with van der Waals surface area (Å²) in [5.41, 5.74) is 6.19. The molecule has 2 unspecified atom stereocenters. The van der Waals surface area contributed by atoms with E-state index in [9.17, 15) is 4.79 Å². The summed E-state index contributed by atoms with van der Waals surface area (Å²) < 4.78 is 11.3. The van der Waals surface area contributed by atoms with Crippen LogP contribution in [0.1, 0.15) is 94.5 Å². The number of hydrogen-bond donors (Lipinski definition) is 0. The normalized spacial score (nSPS) is 24.8. The van der Waals surface area contributed by atoms with Crippen molar-refractivity contribution in [1.82, 2.24) is 19.8 Å². The molecule has 4 aliphatic heterocycles. The van der Waals surface area contributed by atoms with Gasteiger partial charge in [-0.25, -0.2) is 4.79 Å². The molecule has 0 spiro atoms. The fourth-order valence-corrected chi connectivity index (χ4v) is 7.92. The highest BCUT2D eigenvalue weighted by atomic mass is 16.6. The Morgan fingerprint density at radius 2 is 1.66 bits per heavy atom. The van der Waals surface area contributed by atoms with Crippen molar-refractivity contribution in [3.05, 3.63) is 40.6 Å². The number of benzene rings is 1. The predicted octanol–water partition coefficient (Wildman–Crippen LogP) is 5.79. The number of carbonyl (C=O) groups is 1. The van der Waals surface area contributed by atoms with Crippen LogP contribution >= 0.6 is 0 Å². The molecule has 240 valence electrons. The van der Waals surface area contributed by atoms with Crippen LogP contribution in [0, 0.1) is 0 Å². The van der Waals surface area contributed by atoms with Gasteiger partial charge in [0.05, 0.1) is 31.4 Å². The van der Waals surface area contributed by atoms with Gasteiger partial charge in [-0.3, -0.25) is 4.90 Å². The van der Waals surface area contributed by atoms with Crippen LogP contribution in [0.15, 0.2) is 18.2 Å². The summed E-state index contributed by atoms with van der Waals surface area (Å²) in [4.78, 5) is 31.9. The van der Waals surface area contributed by atoms with E-state index in [0.29, 0.717) is 11.9 Å². The minimum Gasteiger partial charge on any atom is -0.467 e. The second kappa shape index (κ2) is 12.7. The average molecular weight is 605 g/mol. The number of aromatic nitrogens is 2. The van der Waals surface area contributed by atoms with E-state index in [4.69, 9.17) is 19.4 Å². The Morgan fingerprint density at radius 3 is 2.30 bits per heavy atom. The van der Waals surface area contributed by atoms with Crippen molar-refractivity contribution in [2.75, 3.05) is 56.7 Å². The molecule has 1 aliphatic carbocycles. The number of rotatable bonds is 3. The van der Waals surface area contributed by atoms with Crippen molar-refractivity contribution in [1.29, 1.82) is 0 Å². The highest BCUT2D eigenvalue weighted by Gasteiger charge is 2.45. The van der Waals surface area contributed by atoms with E-state index >= 15 is 0 Å². The number of methoxy groups -OCH3 is 1. The summed E-state index contributed by atoms with van der Waals surface area (Å²) in [6, 6.07) is 7.51. The molecule has 9 heteroatoms. The second-order valence-corrected chi connectivity index (χ2v) is 14.5. The average Bonchev–Trinajstić information content (AvgIpc) is 3.58. The number of ether oxygens (including phenoxy) is 2. The second-order valence-electron chi connectivity index (χ2n) is 14.5. The molecule has 0 radical (unpaired) electrons. The maximum absolute atomic E-state index is 13.0. The molecule has 7 rings (SSSR count). The molecular weight excluding hydrogens is 552 g/mol. The Hall–Kier alpha value is -3.07. The van der Waals surface area contributed by atoms with Crippen LogP contribution in [0.2, 0.25) is 0 Å². The highest BCUT2D eigenvalue weighted by Crippen LogP contribution is 2.41. The van der Waals surface area contributed by atoms with Crippen LogP contribution in [-0.2, 0) is 24.1 Å². The standard InChI is InChI=1S/C30H41N5O3.C5H11N/c1-19-8-6-9-20-10-7-11-25(26(19)20)33-15-14-23-24(18-33)31-28(37-5)32-27(23)34-16-21-12-13-22(17-34)35(21)29(36)38-30(2,3)4;1-6-4-2-3-5-6/h7,10-11,19,21-22H,6,8-9,12-18H2,1-5H3;2-5H2,1H3/t19?,21-,22?;/m0./s1. The lowest BCUT2D eigenvalue weighted by molar-refractivity contribution is 0.0122. The van der Waals surface area contributed by atoms with Gasteiger partial charge in [-0.1, -0.05) is 19.1 Å². The predicted molar refractivity (Wildman–Crippen MR) is 175 cm³/mol. The van der Waals surface area contributed by atoms with Gasteiger partial charge in [-0.15, -0.1) is 0 Å². The fourth-order valence-electron chi connectivity index (χ4n) is 7.92. The topological polar surface area (TPSA) is 74.3 Å². The minimum atomic E-state index is -0.492. The molecule has 1 aromatic heterocycles. The number of amides is 1. The molecule has 9 nitrogen and oxygen atoms in total. The summed E-state index contributed by atoms with van der Waals surface area (Å²) >= 11 is 0. The smallest absolute Gasteiger partial charge is 0.410 e. The Bertz CT molecular complexity index is 1320. The van der Waals surface area contributed by atoms with Crippen molar-refractivity contribution in [3.8, 4) is 6.01 Å². The molecule has 3 atom stereocenters. The summed E-state index contributed by atoms with van der Waals surface area (Å²) in [6.45, 7) is 14.0. The van der Waals surface area contributed by atoms with Crippen molar-refractivity contribution in [2.45, 2.75) is 109 Å². The Morgan fingerprint density at radius 1 is 0.932 bits per heavy atom. The lowest BCUT2D eigenvalue weighted by Gasteiger charge is -2.43. The van der Waals surface area contributed by atoms with Crippen LogP contribution in [0.5, 0.6) is 6.01 Å². The largest absolute Gasteiger partial charge is 0.467 e. The van der Waals surface area contributed by atoms with Crippen LogP contribution in [0.25, 0.3) is 0 Å². The molecule has 2 bridgehead atoms. The first-order chi connectivity index (χ1) is 21.1. The summed E-state index contributed by atoms with van der Waals surface area (Å²) in [5.74, 6) is 1.57. The monoisotopic (exact) mass is 604 g/mol. The van der Waals surface area contributed by atoms with Gasteiger partial charge < -0.3 is 24.2 Å². The number of piperazine rings is 1. The van der Waals surface area contributed by atoms with Crippen molar-refractivity contribution in [2.24, 2.45) is 0 Å². The van der Waals surface area contributed by atoms with E-state index in [1.54, 1.807) is 7.11 Å². The van der Waals surface area contributed by atoms with Gasteiger partial charge in [0.25, 0.3) is 0 Å². The molecule has 5 aliphatic rings. The third-order valence-corrected chi connectivity index (χ3v) is 10.0. The zero-order valence-corrected chi connectivity index (χ0v) is 27.8. The number of fused-ring (bicyclic) bond motifs is 4. The third kappa shape index (κ3) is 6.49. The minimum absolute atomic E-state index is 0.137. The molecule has 2 aromatic rings. The summed E-state index contributed by atoms with van der Waals surface area (Å²) in [6.07, 6.45) is 9.23. The molecule has 5 heterocycles. The van der Waals surface area contributed by atoms with Crippen LogP contribution in [0.3, 0.4) is 0 Å². The molecule has 1 aromatic carbocycles. The summed E-state index contributed by atoms with van der Waals surface area (Å²) in [5, 5.41) is 0. The lowest BCUT2D eigenvalue weighted by atomic mass is 9.82. The fraction of sp³-hybridized carbons (Fsp3) is 0.686. The van der Waals surface area contributed by atoms with Gasteiger partial charge in [0, 0.05) is 30.9 Å². The van der Waals surface area contributed by atoms with Crippen LogP contribution < -0.4 is 14.5 Å². The number of anilines is 2. The van der Waals surface area contributed by atoms with E-state index in [1.807, 2.05) is 25.7 Å². The maximum atomic E-state index is 13.0. The first kappa shape index (κ1) is 30.9. The molecule has 0 saturated carbocycles. The Labute approximate surface area is 263 Å². The zero-order valence-electron chi connectivity index (χ0n) is 27.8. The number of carbonyl (C=O) groups excluding carboxylic acids is 1. The third-order valence-electron chi connectivity index (χ3n) is 10.0. The highest BCUT2D eigenvalue weighted by molar-refractivity contribution is 5.70. The van der Waals surface area contributed by atoms with Crippen LogP contribution in [0.4, 0.5) is 16.3 Å². The molecule has 0 N–H and O–H groups in total. The van der Waals surface area contributed by atoms with Gasteiger partial charge >= 0.3 is 12.1 Å². The van der Waals surface area contributed by atoms with E-state index in [2.05, 4.69) is 46.9 Å². The van der Waals surface area contributed by atoms with Gasteiger partial charge in [0.15, 0.2) is 0 Å². The first-order valence-corrected chi connectivity index (χ1v) is 16.9. The van der Waals surface area contributed by atoms with Crippen molar-refractivity contribution >= 4 is 17.6 Å². The molecular formula is C35H52N6O3. The van der Waals surface area contributed by atoms with Gasteiger partial charge in [-0.2, -0.15) is 9.97 Å². The number of aryl methyl sites for hydroxylation is 1. The molecule has 44 heavy (non-hydrogen) atoms. The lowest BCUT2D eigenvalue weighted by Crippen LogP contribution is -2.57. The SMILES string of the molecule is CN1CCCC1.COc1nc2c(c(N3CC4CC[C@@H](C3)N4C(=O)OC(C)(C)C)n1)CCN(c1cccc3c1C(C)CCC3)C2.